The molecule has 21 heavy (non-hydrogen) atoms. The molecule has 5 heteroatoms. The van der Waals surface area contributed by atoms with Gasteiger partial charge in [-0.05, 0) is 49.0 Å². The SMILES string of the molecule is Cc1sncc1C(=O)NCc1ccc(N2CCCC2)cc1. The lowest BCUT2D eigenvalue weighted by atomic mass is 10.2. The number of carbonyl (C=O) groups is 1. The van der Waals surface area contributed by atoms with Crippen molar-refractivity contribution >= 4 is 23.1 Å². The van der Waals surface area contributed by atoms with Crippen molar-refractivity contribution in [3.63, 3.8) is 0 Å². The first kappa shape index (κ1) is 14.1. The quantitative estimate of drug-likeness (QED) is 0.944. The van der Waals surface area contributed by atoms with E-state index in [0.29, 0.717) is 12.1 Å². The molecule has 0 bridgehead atoms. The monoisotopic (exact) mass is 301 g/mol. The Balaban J connectivity index is 1.58. The number of anilines is 1. The summed E-state index contributed by atoms with van der Waals surface area (Å²) in [5.74, 6) is -0.0510. The second-order valence-corrected chi connectivity index (χ2v) is 6.34. The number of rotatable bonds is 4. The van der Waals surface area contributed by atoms with Gasteiger partial charge in [0.05, 0.1) is 11.8 Å². The summed E-state index contributed by atoms with van der Waals surface area (Å²) in [6, 6.07) is 8.47. The summed E-state index contributed by atoms with van der Waals surface area (Å²) in [5, 5.41) is 2.95. The molecule has 1 saturated heterocycles. The Morgan fingerprint density at radius 1 is 1.29 bits per heavy atom. The Bertz CT molecular complexity index is 615. The molecule has 0 radical (unpaired) electrons. The largest absolute Gasteiger partial charge is 0.372 e. The van der Waals surface area contributed by atoms with Crippen LogP contribution in [0, 0.1) is 6.92 Å². The van der Waals surface area contributed by atoms with E-state index in [9.17, 15) is 4.79 Å². The third-order valence-corrected chi connectivity index (χ3v) is 4.56. The second kappa shape index (κ2) is 6.26. The third-order valence-electron chi connectivity index (χ3n) is 3.86. The number of carbonyl (C=O) groups excluding carboxylic acids is 1. The van der Waals surface area contributed by atoms with Crippen LogP contribution in [0.15, 0.2) is 30.5 Å². The van der Waals surface area contributed by atoms with Crippen molar-refractivity contribution in [2.75, 3.05) is 18.0 Å². The van der Waals surface area contributed by atoms with Crippen LogP contribution in [-0.2, 0) is 6.54 Å². The fraction of sp³-hybridized carbons (Fsp3) is 0.375. The molecule has 0 aliphatic carbocycles. The minimum Gasteiger partial charge on any atom is -0.372 e. The van der Waals surface area contributed by atoms with Gasteiger partial charge in [0.1, 0.15) is 0 Å². The molecule has 1 amide bonds. The Kier molecular flexibility index (Phi) is 4.20. The molecule has 1 aliphatic rings. The van der Waals surface area contributed by atoms with Gasteiger partial charge in [0.25, 0.3) is 5.91 Å². The molecule has 1 aliphatic heterocycles. The maximum Gasteiger partial charge on any atom is 0.254 e. The molecule has 2 aromatic rings. The zero-order valence-corrected chi connectivity index (χ0v) is 12.9. The first-order valence-electron chi connectivity index (χ1n) is 7.27. The predicted molar refractivity (Wildman–Crippen MR) is 85.9 cm³/mol. The van der Waals surface area contributed by atoms with Crippen LogP contribution in [0.1, 0.15) is 33.6 Å². The summed E-state index contributed by atoms with van der Waals surface area (Å²) in [6.45, 7) is 4.77. The van der Waals surface area contributed by atoms with Gasteiger partial charge in [-0.1, -0.05) is 12.1 Å². The van der Waals surface area contributed by atoms with Crippen molar-refractivity contribution < 1.29 is 4.79 Å². The van der Waals surface area contributed by atoms with Crippen LogP contribution in [0.2, 0.25) is 0 Å². The Morgan fingerprint density at radius 3 is 2.62 bits per heavy atom. The van der Waals surface area contributed by atoms with Crippen molar-refractivity contribution in [3.8, 4) is 0 Å². The van der Waals surface area contributed by atoms with Crippen LogP contribution < -0.4 is 10.2 Å². The zero-order chi connectivity index (χ0) is 14.7. The number of amides is 1. The van der Waals surface area contributed by atoms with Crippen LogP contribution in [0.25, 0.3) is 0 Å². The van der Waals surface area contributed by atoms with Crippen LogP contribution in [0.5, 0.6) is 0 Å². The molecule has 1 aromatic carbocycles. The van der Waals surface area contributed by atoms with Gasteiger partial charge in [0.2, 0.25) is 0 Å². The summed E-state index contributed by atoms with van der Waals surface area (Å²) in [6.07, 6.45) is 4.20. The molecule has 110 valence electrons. The van der Waals surface area contributed by atoms with Crippen LogP contribution in [-0.4, -0.2) is 23.4 Å². The molecule has 0 unspecified atom stereocenters. The predicted octanol–water partition coefficient (Wildman–Crippen LogP) is 2.98. The molecular formula is C16H19N3OS. The molecule has 4 nitrogen and oxygen atoms in total. The highest BCUT2D eigenvalue weighted by Gasteiger charge is 2.13. The fourth-order valence-electron chi connectivity index (χ4n) is 2.59. The second-order valence-electron chi connectivity index (χ2n) is 5.34. The van der Waals surface area contributed by atoms with Gasteiger partial charge in [0, 0.05) is 30.2 Å². The molecule has 0 spiro atoms. The number of aryl methyl sites for hydroxylation is 1. The summed E-state index contributed by atoms with van der Waals surface area (Å²) >= 11 is 1.35. The zero-order valence-electron chi connectivity index (χ0n) is 12.1. The summed E-state index contributed by atoms with van der Waals surface area (Å²) in [5.41, 5.74) is 3.07. The third kappa shape index (κ3) is 3.24. The minimum atomic E-state index is -0.0510. The van der Waals surface area contributed by atoms with Gasteiger partial charge in [-0.15, -0.1) is 0 Å². The van der Waals surface area contributed by atoms with E-state index in [1.165, 1.54) is 30.1 Å². The number of hydrogen-bond acceptors (Lipinski definition) is 4. The van der Waals surface area contributed by atoms with Crippen molar-refractivity contribution in [1.29, 1.82) is 0 Å². The average Bonchev–Trinajstić information content (AvgIpc) is 3.16. The minimum absolute atomic E-state index is 0.0510. The lowest BCUT2D eigenvalue weighted by molar-refractivity contribution is 0.0950. The topological polar surface area (TPSA) is 45.2 Å². The highest BCUT2D eigenvalue weighted by atomic mass is 32.1. The standard InChI is InChI=1S/C16H19N3OS/c1-12-15(11-18-21-12)16(20)17-10-13-4-6-14(7-5-13)19-8-2-3-9-19/h4-7,11H,2-3,8-10H2,1H3,(H,17,20). The van der Waals surface area contributed by atoms with E-state index in [2.05, 4.69) is 38.9 Å². The maximum atomic E-state index is 12.0. The van der Waals surface area contributed by atoms with Gasteiger partial charge in [0.15, 0.2) is 0 Å². The first-order chi connectivity index (χ1) is 10.2. The molecular weight excluding hydrogens is 282 g/mol. The van der Waals surface area contributed by atoms with Gasteiger partial charge in [-0.2, -0.15) is 0 Å². The molecule has 1 N–H and O–H groups in total. The van der Waals surface area contributed by atoms with Crippen molar-refractivity contribution in [1.82, 2.24) is 9.69 Å². The summed E-state index contributed by atoms with van der Waals surface area (Å²) < 4.78 is 4.03. The highest BCUT2D eigenvalue weighted by Crippen LogP contribution is 2.20. The summed E-state index contributed by atoms with van der Waals surface area (Å²) in [7, 11) is 0. The lowest BCUT2D eigenvalue weighted by Crippen LogP contribution is -2.23. The van der Waals surface area contributed by atoms with E-state index in [1.807, 2.05) is 6.92 Å². The number of nitrogens with one attached hydrogen (secondary N) is 1. The van der Waals surface area contributed by atoms with E-state index >= 15 is 0 Å². The molecule has 1 fully saturated rings. The number of aromatic nitrogens is 1. The van der Waals surface area contributed by atoms with Crippen molar-refractivity contribution in [2.45, 2.75) is 26.3 Å². The van der Waals surface area contributed by atoms with E-state index in [4.69, 9.17) is 0 Å². The van der Waals surface area contributed by atoms with Gasteiger partial charge in [-0.25, -0.2) is 4.37 Å². The Hall–Kier alpha value is -1.88. The van der Waals surface area contributed by atoms with Crippen molar-refractivity contribution in [2.24, 2.45) is 0 Å². The molecule has 1 aromatic heterocycles. The average molecular weight is 301 g/mol. The molecule has 0 saturated carbocycles. The highest BCUT2D eigenvalue weighted by molar-refractivity contribution is 7.06. The van der Waals surface area contributed by atoms with Gasteiger partial charge in [-0.3, -0.25) is 4.79 Å². The number of hydrogen-bond donors (Lipinski definition) is 1. The molecule has 0 atom stereocenters. The smallest absolute Gasteiger partial charge is 0.254 e. The van der Waals surface area contributed by atoms with Gasteiger partial charge < -0.3 is 10.2 Å². The van der Waals surface area contributed by atoms with Crippen molar-refractivity contribution in [3.05, 3.63) is 46.5 Å². The maximum absolute atomic E-state index is 12.0. The lowest BCUT2D eigenvalue weighted by Gasteiger charge is -2.17. The van der Waals surface area contributed by atoms with E-state index in [0.717, 1.165) is 23.5 Å². The van der Waals surface area contributed by atoms with Crippen LogP contribution in [0.3, 0.4) is 0 Å². The Labute approximate surface area is 129 Å². The fourth-order valence-corrected chi connectivity index (χ4v) is 3.15. The van der Waals surface area contributed by atoms with E-state index in [-0.39, 0.29) is 5.91 Å². The van der Waals surface area contributed by atoms with Crippen LogP contribution >= 0.6 is 11.5 Å². The first-order valence-corrected chi connectivity index (χ1v) is 8.05. The van der Waals surface area contributed by atoms with Crippen LogP contribution in [0.4, 0.5) is 5.69 Å². The summed E-state index contributed by atoms with van der Waals surface area (Å²) in [4.78, 5) is 15.4. The van der Waals surface area contributed by atoms with Gasteiger partial charge >= 0.3 is 0 Å². The van der Waals surface area contributed by atoms with E-state index < -0.39 is 0 Å². The number of benzene rings is 1. The normalized spacial score (nSPS) is 14.4. The number of nitrogens with zero attached hydrogens (tertiary/aromatic N) is 2. The Morgan fingerprint density at radius 2 is 2.00 bits per heavy atom. The molecule has 2 heterocycles. The van der Waals surface area contributed by atoms with E-state index in [1.54, 1.807) is 6.20 Å². The molecule has 3 rings (SSSR count).